The number of benzene rings is 1. The summed E-state index contributed by atoms with van der Waals surface area (Å²) in [5, 5.41) is 0. The fourth-order valence-corrected chi connectivity index (χ4v) is 3.59. The van der Waals surface area contributed by atoms with Crippen molar-refractivity contribution in [3.63, 3.8) is 0 Å². The van der Waals surface area contributed by atoms with E-state index in [1.807, 2.05) is 0 Å². The summed E-state index contributed by atoms with van der Waals surface area (Å²) in [6.07, 6.45) is 1.53. The molecule has 0 aliphatic heterocycles. The van der Waals surface area contributed by atoms with E-state index in [0.717, 1.165) is 5.76 Å². The lowest BCUT2D eigenvalue weighted by atomic mass is 10.3. The molecule has 0 fully saturated rings. The number of halogens is 3. The Hall–Kier alpha value is -1.45. The van der Waals surface area contributed by atoms with Crippen LogP contribution in [0.25, 0.3) is 0 Å². The third-order valence-corrected chi connectivity index (χ3v) is 5.11. The minimum absolute atomic E-state index is 0.0200. The molecule has 0 bridgehead atoms. The number of furan rings is 1. The lowest BCUT2D eigenvalue weighted by molar-refractivity contribution is 0.431. The Morgan fingerprint density at radius 3 is 2.59 bits per heavy atom. The third-order valence-electron chi connectivity index (χ3n) is 2.65. The Balaban J connectivity index is 1.90. The van der Waals surface area contributed by atoms with Crippen molar-refractivity contribution in [2.75, 3.05) is 12.3 Å². The van der Waals surface area contributed by atoms with Crippen molar-refractivity contribution < 1.29 is 26.0 Å². The van der Waals surface area contributed by atoms with Crippen molar-refractivity contribution in [3.8, 4) is 0 Å². The summed E-state index contributed by atoms with van der Waals surface area (Å²) in [5.41, 5.74) is 0. The number of rotatable bonds is 7. The second-order valence-corrected chi connectivity index (χ2v) is 7.04. The Morgan fingerprint density at radius 2 is 1.91 bits per heavy atom. The normalized spacial score (nSPS) is 11.8. The molecule has 120 valence electrons. The molecule has 0 saturated heterocycles. The standard InChI is InChI=1S/C13H12F3NO3S2/c14-10-3-4-11(13(16)12(10)15)22(18,19)17-5-7-21-8-9-2-1-6-20-9/h1-4,6,17H,5,7-8H2. The van der Waals surface area contributed by atoms with Crippen LogP contribution in [0, 0.1) is 17.5 Å². The van der Waals surface area contributed by atoms with Crippen LogP contribution in [-0.4, -0.2) is 20.7 Å². The summed E-state index contributed by atoms with van der Waals surface area (Å²) in [6, 6.07) is 4.78. The van der Waals surface area contributed by atoms with Gasteiger partial charge in [0.15, 0.2) is 17.5 Å². The van der Waals surface area contributed by atoms with E-state index in [-0.39, 0.29) is 6.54 Å². The van der Waals surface area contributed by atoms with Crippen LogP contribution in [0.2, 0.25) is 0 Å². The van der Waals surface area contributed by atoms with Crippen LogP contribution in [0.5, 0.6) is 0 Å². The minimum Gasteiger partial charge on any atom is -0.468 e. The highest BCUT2D eigenvalue weighted by atomic mass is 32.2. The molecule has 0 spiro atoms. The summed E-state index contributed by atoms with van der Waals surface area (Å²) < 4.78 is 70.2. The van der Waals surface area contributed by atoms with Gasteiger partial charge in [-0.2, -0.15) is 11.8 Å². The average Bonchev–Trinajstić information content (AvgIpc) is 2.97. The molecule has 0 unspecified atom stereocenters. The Kier molecular flexibility index (Phi) is 5.54. The van der Waals surface area contributed by atoms with E-state index in [4.69, 9.17) is 4.42 Å². The lowest BCUT2D eigenvalue weighted by Crippen LogP contribution is -2.27. The van der Waals surface area contributed by atoms with Crippen molar-refractivity contribution in [1.82, 2.24) is 4.72 Å². The second kappa shape index (κ2) is 7.21. The fraction of sp³-hybridized carbons (Fsp3) is 0.231. The van der Waals surface area contributed by atoms with Crippen molar-refractivity contribution in [2.24, 2.45) is 0 Å². The van der Waals surface area contributed by atoms with Gasteiger partial charge in [0.05, 0.1) is 12.0 Å². The zero-order valence-electron chi connectivity index (χ0n) is 11.2. The van der Waals surface area contributed by atoms with Crippen molar-refractivity contribution in [1.29, 1.82) is 0 Å². The molecular weight excluding hydrogens is 339 g/mol. The van der Waals surface area contributed by atoms with Gasteiger partial charge in [0, 0.05) is 12.3 Å². The van der Waals surface area contributed by atoms with Gasteiger partial charge in [-0.05, 0) is 24.3 Å². The van der Waals surface area contributed by atoms with E-state index in [2.05, 4.69) is 4.72 Å². The van der Waals surface area contributed by atoms with Gasteiger partial charge in [-0.25, -0.2) is 26.3 Å². The van der Waals surface area contributed by atoms with E-state index in [0.29, 0.717) is 23.6 Å². The molecule has 2 aromatic rings. The second-order valence-electron chi connectivity index (χ2n) is 4.20. The molecule has 4 nitrogen and oxygen atoms in total. The van der Waals surface area contributed by atoms with Gasteiger partial charge in [0.2, 0.25) is 10.0 Å². The van der Waals surface area contributed by atoms with Gasteiger partial charge < -0.3 is 4.42 Å². The highest BCUT2D eigenvalue weighted by Crippen LogP contribution is 2.19. The molecule has 0 amide bonds. The van der Waals surface area contributed by atoms with E-state index < -0.39 is 32.4 Å². The molecule has 0 atom stereocenters. The fourth-order valence-electron chi connectivity index (χ4n) is 1.61. The Labute approximate surface area is 129 Å². The summed E-state index contributed by atoms with van der Waals surface area (Å²) in [6.45, 7) is 0.0200. The third kappa shape index (κ3) is 4.05. The van der Waals surface area contributed by atoms with Crippen LogP contribution < -0.4 is 4.72 Å². The SMILES string of the molecule is O=S(=O)(NCCSCc1ccco1)c1ccc(F)c(F)c1F. The molecule has 1 heterocycles. The topological polar surface area (TPSA) is 59.3 Å². The van der Waals surface area contributed by atoms with Crippen molar-refractivity contribution in [3.05, 3.63) is 53.7 Å². The number of hydrogen-bond acceptors (Lipinski definition) is 4. The molecule has 2 rings (SSSR count). The molecule has 1 aromatic heterocycles. The zero-order chi connectivity index (χ0) is 16.2. The molecule has 0 aliphatic rings. The summed E-state index contributed by atoms with van der Waals surface area (Å²) in [4.78, 5) is -0.914. The van der Waals surface area contributed by atoms with Crippen molar-refractivity contribution >= 4 is 21.8 Å². The maximum atomic E-state index is 13.5. The number of hydrogen-bond donors (Lipinski definition) is 1. The lowest BCUT2D eigenvalue weighted by Gasteiger charge is -2.08. The van der Waals surface area contributed by atoms with E-state index in [1.54, 1.807) is 12.1 Å². The smallest absolute Gasteiger partial charge is 0.243 e. The molecule has 0 radical (unpaired) electrons. The monoisotopic (exact) mass is 351 g/mol. The van der Waals surface area contributed by atoms with Crippen LogP contribution in [0.15, 0.2) is 39.8 Å². The predicted octanol–water partition coefficient (Wildman–Crippen LogP) is 2.91. The van der Waals surface area contributed by atoms with Crippen molar-refractivity contribution in [2.45, 2.75) is 10.6 Å². The molecule has 1 N–H and O–H groups in total. The van der Waals surface area contributed by atoms with Gasteiger partial charge in [-0.1, -0.05) is 0 Å². The van der Waals surface area contributed by atoms with Gasteiger partial charge in [-0.15, -0.1) is 0 Å². The number of thioether (sulfide) groups is 1. The quantitative estimate of drug-likeness (QED) is 0.616. The maximum absolute atomic E-state index is 13.5. The van der Waals surface area contributed by atoms with Gasteiger partial charge in [-0.3, -0.25) is 0 Å². The van der Waals surface area contributed by atoms with E-state index in [9.17, 15) is 21.6 Å². The largest absolute Gasteiger partial charge is 0.468 e. The first-order chi connectivity index (χ1) is 10.4. The average molecular weight is 351 g/mol. The van der Waals surface area contributed by atoms with Gasteiger partial charge in [0.1, 0.15) is 10.7 Å². The minimum atomic E-state index is -4.23. The molecule has 1 aromatic carbocycles. The zero-order valence-corrected chi connectivity index (χ0v) is 12.8. The highest BCUT2D eigenvalue weighted by Gasteiger charge is 2.23. The molecule has 0 aliphatic carbocycles. The Morgan fingerprint density at radius 1 is 1.14 bits per heavy atom. The maximum Gasteiger partial charge on any atom is 0.243 e. The van der Waals surface area contributed by atoms with Crippen LogP contribution >= 0.6 is 11.8 Å². The highest BCUT2D eigenvalue weighted by molar-refractivity contribution is 7.98. The summed E-state index contributed by atoms with van der Waals surface area (Å²) >= 11 is 1.41. The van der Waals surface area contributed by atoms with Crippen LogP contribution in [0.1, 0.15) is 5.76 Å². The number of sulfonamides is 1. The first-order valence-corrected chi connectivity index (χ1v) is 8.79. The van der Waals surface area contributed by atoms with Gasteiger partial charge >= 0.3 is 0 Å². The predicted molar refractivity (Wildman–Crippen MR) is 76.4 cm³/mol. The van der Waals surface area contributed by atoms with Crippen LogP contribution in [0.4, 0.5) is 13.2 Å². The van der Waals surface area contributed by atoms with Gasteiger partial charge in [0.25, 0.3) is 0 Å². The van der Waals surface area contributed by atoms with Crippen LogP contribution in [-0.2, 0) is 15.8 Å². The molecule has 9 heteroatoms. The van der Waals surface area contributed by atoms with E-state index in [1.165, 1.54) is 18.0 Å². The molecule has 0 saturated carbocycles. The summed E-state index contributed by atoms with van der Waals surface area (Å²) in [7, 11) is -4.23. The first-order valence-electron chi connectivity index (χ1n) is 6.15. The molecular formula is C13H12F3NO3S2. The van der Waals surface area contributed by atoms with E-state index >= 15 is 0 Å². The number of nitrogens with one attached hydrogen (secondary N) is 1. The molecule has 22 heavy (non-hydrogen) atoms. The Bertz CT molecular complexity index is 733. The van der Waals surface area contributed by atoms with Crippen LogP contribution in [0.3, 0.4) is 0 Å². The first kappa shape index (κ1) is 16.9. The summed E-state index contributed by atoms with van der Waals surface area (Å²) in [5.74, 6) is -3.25.